The van der Waals surface area contributed by atoms with Gasteiger partial charge in [0.2, 0.25) is 11.7 Å². The molecule has 2 amide bonds. The van der Waals surface area contributed by atoms with Gasteiger partial charge in [0, 0.05) is 13.5 Å². The van der Waals surface area contributed by atoms with E-state index in [4.69, 9.17) is 20.9 Å². The SMILES string of the molecule is CCCCCCNC(=O)O[C@@H](C1OC(C(=O)O)=CC(N=C(N)N)[C@H]1NC(C)=O)[C@H](O)CO. The summed E-state index contributed by atoms with van der Waals surface area (Å²) in [6, 6.07) is -2.23. The Kier molecular flexibility index (Phi) is 11.3. The van der Waals surface area contributed by atoms with Gasteiger partial charge in [0.25, 0.3) is 0 Å². The molecule has 1 heterocycles. The summed E-state index contributed by atoms with van der Waals surface area (Å²) < 4.78 is 10.7. The number of ether oxygens (including phenoxy) is 2. The number of rotatable bonds is 12. The Morgan fingerprint density at radius 2 is 1.97 bits per heavy atom. The number of carbonyl (C=O) groups excluding carboxylic acids is 2. The number of aliphatic hydroxyl groups excluding tert-OH is 2. The molecule has 1 aliphatic heterocycles. The lowest BCUT2D eigenvalue weighted by molar-refractivity contribution is -0.146. The minimum Gasteiger partial charge on any atom is -0.477 e. The lowest BCUT2D eigenvalue weighted by Gasteiger charge is -2.39. The van der Waals surface area contributed by atoms with Crippen molar-refractivity contribution in [2.45, 2.75) is 69.9 Å². The van der Waals surface area contributed by atoms with E-state index in [1.165, 1.54) is 6.92 Å². The number of carbonyl (C=O) groups is 3. The molecule has 2 unspecified atom stereocenters. The zero-order valence-electron chi connectivity index (χ0n) is 18.2. The molecule has 1 aliphatic rings. The van der Waals surface area contributed by atoms with Gasteiger partial charge in [0.05, 0.1) is 18.7 Å². The maximum Gasteiger partial charge on any atom is 0.407 e. The molecule has 0 bridgehead atoms. The lowest BCUT2D eigenvalue weighted by Crippen LogP contribution is -2.61. The normalized spacial score (nSPS) is 21.9. The molecule has 0 aliphatic carbocycles. The Morgan fingerprint density at radius 3 is 2.50 bits per heavy atom. The topological polar surface area (TPSA) is 219 Å². The predicted molar refractivity (Wildman–Crippen MR) is 113 cm³/mol. The summed E-state index contributed by atoms with van der Waals surface area (Å²) in [7, 11) is 0. The van der Waals surface area contributed by atoms with Crippen molar-refractivity contribution >= 4 is 23.9 Å². The third kappa shape index (κ3) is 8.59. The molecule has 13 nitrogen and oxygen atoms in total. The van der Waals surface area contributed by atoms with Crippen molar-refractivity contribution in [1.29, 1.82) is 0 Å². The standard InChI is InChI=1S/C19H33N5O8/c1-3-4-5-6-7-22-19(30)32-15(12(27)9-25)16-14(23-10(2)26)11(24-18(20)21)8-13(31-16)17(28)29/h8,11-12,14-16,25,27H,3-7,9H2,1-2H3,(H,22,30)(H,23,26)(H,28,29)(H4,20,21,24)/t11?,12-,14-,15-,16?/m1/s1. The summed E-state index contributed by atoms with van der Waals surface area (Å²) in [6.07, 6.45) is -0.837. The number of amides is 2. The molecule has 0 fully saturated rings. The molecule has 0 radical (unpaired) electrons. The van der Waals surface area contributed by atoms with Crippen molar-refractivity contribution in [3.8, 4) is 0 Å². The van der Waals surface area contributed by atoms with Crippen LogP contribution < -0.4 is 22.1 Å². The van der Waals surface area contributed by atoms with Crippen LogP contribution in [0, 0.1) is 0 Å². The molecule has 0 saturated heterocycles. The van der Waals surface area contributed by atoms with Gasteiger partial charge in [-0.05, 0) is 12.5 Å². The fourth-order valence-corrected chi connectivity index (χ4v) is 3.17. The van der Waals surface area contributed by atoms with Crippen LogP contribution in [0.25, 0.3) is 0 Å². The first-order valence-electron chi connectivity index (χ1n) is 10.3. The molecule has 13 heteroatoms. The van der Waals surface area contributed by atoms with Crippen LogP contribution in [0.1, 0.15) is 39.5 Å². The number of nitrogens with zero attached hydrogens (tertiary/aromatic N) is 1. The Labute approximate surface area is 185 Å². The van der Waals surface area contributed by atoms with E-state index in [0.29, 0.717) is 13.0 Å². The summed E-state index contributed by atoms with van der Waals surface area (Å²) in [4.78, 5) is 39.5. The van der Waals surface area contributed by atoms with E-state index in [2.05, 4.69) is 15.6 Å². The second-order valence-electron chi connectivity index (χ2n) is 7.30. The van der Waals surface area contributed by atoms with E-state index in [1.807, 2.05) is 6.92 Å². The molecular formula is C19H33N5O8. The zero-order chi connectivity index (χ0) is 24.3. The molecule has 0 saturated carbocycles. The molecule has 1 rings (SSSR count). The Morgan fingerprint density at radius 1 is 1.28 bits per heavy atom. The maximum absolute atomic E-state index is 12.3. The number of carboxylic acids is 1. The van der Waals surface area contributed by atoms with Crippen LogP contribution in [0.3, 0.4) is 0 Å². The van der Waals surface area contributed by atoms with Crippen LogP contribution in [0.2, 0.25) is 0 Å². The smallest absolute Gasteiger partial charge is 0.407 e. The van der Waals surface area contributed by atoms with Crippen LogP contribution in [0.15, 0.2) is 16.8 Å². The van der Waals surface area contributed by atoms with Gasteiger partial charge >= 0.3 is 12.1 Å². The van der Waals surface area contributed by atoms with E-state index in [9.17, 15) is 29.7 Å². The maximum atomic E-state index is 12.3. The molecule has 32 heavy (non-hydrogen) atoms. The van der Waals surface area contributed by atoms with Gasteiger partial charge in [-0.3, -0.25) is 4.79 Å². The van der Waals surface area contributed by atoms with Gasteiger partial charge in [-0.2, -0.15) is 0 Å². The van der Waals surface area contributed by atoms with Gasteiger partial charge in [0.15, 0.2) is 18.2 Å². The van der Waals surface area contributed by atoms with Crippen LogP contribution in [-0.2, 0) is 19.1 Å². The van der Waals surface area contributed by atoms with Crippen LogP contribution in [0.4, 0.5) is 4.79 Å². The van der Waals surface area contributed by atoms with Gasteiger partial charge < -0.3 is 46.9 Å². The van der Waals surface area contributed by atoms with E-state index < -0.39 is 66.7 Å². The zero-order valence-corrected chi connectivity index (χ0v) is 18.2. The van der Waals surface area contributed by atoms with E-state index in [-0.39, 0.29) is 0 Å². The Balaban J connectivity index is 3.18. The third-order valence-corrected chi connectivity index (χ3v) is 4.62. The summed E-state index contributed by atoms with van der Waals surface area (Å²) in [6.45, 7) is 2.73. The average Bonchev–Trinajstić information content (AvgIpc) is 2.71. The van der Waals surface area contributed by atoms with Gasteiger partial charge in [0.1, 0.15) is 6.10 Å². The summed E-state index contributed by atoms with van der Waals surface area (Å²) in [5, 5.41) is 34.2. The quantitative estimate of drug-likeness (QED) is 0.102. The number of nitrogens with two attached hydrogens (primary N) is 2. The number of guanidine groups is 1. The van der Waals surface area contributed by atoms with Gasteiger partial charge in [-0.15, -0.1) is 0 Å². The Hall–Kier alpha value is -3.06. The van der Waals surface area contributed by atoms with E-state index in [0.717, 1.165) is 25.3 Å². The van der Waals surface area contributed by atoms with Crippen molar-refractivity contribution in [2.75, 3.05) is 13.2 Å². The minimum atomic E-state index is -1.66. The molecule has 0 spiro atoms. The number of aliphatic hydroxyl groups is 2. The van der Waals surface area contributed by atoms with Gasteiger partial charge in [-0.1, -0.05) is 26.2 Å². The van der Waals surface area contributed by atoms with E-state index >= 15 is 0 Å². The van der Waals surface area contributed by atoms with Gasteiger partial charge in [-0.25, -0.2) is 14.6 Å². The van der Waals surface area contributed by atoms with Crippen molar-refractivity contribution < 1.29 is 39.2 Å². The molecule has 182 valence electrons. The van der Waals surface area contributed by atoms with Crippen molar-refractivity contribution in [2.24, 2.45) is 16.5 Å². The Bertz CT molecular complexity index is 710. The number of hydrogen-bond acceptors (Lipinski definition) is 8. The number of aliphatic imine (C=N–C) groups is 1. The highest BCUT2D eigenvalue weighted by Gasteiger charge is 2.46. The summed E-state index contributed by atoms with van der Waals surface area (Å²) in [5.74, 6) is -2.98. The van der Waals surface area contributed by atoms with Crippen LogP contribution >= 0.6 is 0 Å². The monoisotopic (exact) mass is 459 g/mol. The van der Waals surface area contributed by atoms with E-state index in [1.54, 1.807) is 0 Å². The first-order chi connectivity index (χ1) is 15.1. The van der Waals surface area contributed by atoms with Crippen LogP contribution in [-0.4, -0.2) is 82.8 Å². The summed E-state index contributed by atoms with van der Waals surface area (Å²) in [5.41, 5.74) is 10.9. The number of nitrogens with one attached hydrogen (secondary N) is 2. The number of hydrogen-bond donors (Lipinski definition) is 7. The molecular weight excluding hydrogens is 426 g/mol. The second kappa shape index (κ2) is 13.4. The highest BCUT2D eigenvalue weighted by Crippen LogP contribution is 2.26. The van der Waals surface area contributed by atoms with Crippen LogP contribution in [0.5, 0.6) is 0 Å². The molecule has 9 N–H and O–H groups in total. The number of unbranched alkanes of at least 4 members (excludes halogenated alkanes) is 3. The van der Waals surface area contributed by atoms with Crippen molar-refractivity contribution in [3.05, 3.63) is 11.8 Å². The first kappa shape index (κ1) is 27.0. The second-order valence-corrected chi connectivity index (χ2v) is 7.30. The number of carboxylic acid groups (broad SMARTS) is 1. The molecule has 0 aromatic carbocycles. The largest absolute Gasteiger partial charge is 0.477 e. The number of aliphatic carboxylic acids is 1. The lowest BCUT2D eigenvalue weighted by atomic mass is 9.92. The average molecular weight is 460 g/mol. The molecule has 5 atom stereocenters. The first-order valence-corrected chi connectivity index (χ1v) is 10.3. The fraction of sp³-hybridized carbons (Fsp3) is 0.684. The van der Waals surface area contributed by atoms with Crippen molar-refractivity contribution in [1.82, 2.24) is 10.6 Å². The summed E-state index contributed by atoms with van der Waals surface area (Å²) >= 11 is 0. The molecule has 0 aromatic rings. The minimum absolute atomic E-state index is 0.318. The third-order valence-electron chi connectivity index (χ3n) is 4.62. The van der Waals surface area contributed by atoms with Crippen molar-refractivity contribution in [3.63, 3.8) is 0 Å². The highest BCUT2D eigenvalue weighted by atomic mass is 16.6. The fourth-order valence-electron chi connectivity index (χ4n) is 3.17. The molecule has 0 aromatic heterocycles. The predicted octanol–water partition coefficient (Wildman–Crippen LogP) is -1.47. The number of alkyl carbamates (subject to hydrolysis) is 1. The highest BCUT2D eigenvalue weighted by molar-refractivity contribution is 5.85.